The molecule has 102 valence electrons. The van der Waals surface area contributed by atoms with E-state index in [1.807, 2.05) is 6.92 Å². The Balaban J connectivity index is 2.21. The molecule has 0 bridgehead atoms. The van der Waals surface area contributed by atoms with E-state index in [1.54, 1.807) is 37.4 Å². The first-order chi connectivity index (χ1) is 9.63. The number of halogens is 1. The van der Waals surface area contributed by atoms with Crippen molar-refractivity contribution in [3.63, 3.8) is 0 Å². The summed E-state index contributed by atoms with van der Waals surface area (Å²) in [6.07, 6.45) is 0. The smallest absolute Gasteiger partial charge is 0.143 e. The zero-order chi connectivity index (χ0) is 14.5. The normalized spacial score (nSPS) is 11.5. The first kappa shape index (κ1) is 13.9. The Kier molecular flexibility index (Phi) is 4.21. The maximum absolute atomic E-state index is 12.9. The highest BCUT2D eigenvalue weighted by molar-refractivity contribution is 5.60. The van der Waals surface area contributed by atoms with Gasteiger partial charge >= 0.3 is 0 Å². The molecule has 1 N–H and O–H groups in total. The zero-order valence-electron chi connectivity index (χ0n) is 11.4. The van der Waals surface area contributed by atoms with Gasteiger partial charge in [0, 0.05) is 12.1 Å². The summed E-state index contributed by atoms with van der Waals surface area (Å²) in [6.45, 7) is 1.98. The van der Waals surface area contributed by atoms with E-state index in [2.05, 4.69) is 11.4 Å². The van der Waals surface area contributed by atoms with Crippen LogP contribution in [-0.2, 0) is 0 Å². The van der Waals surface area contributed by atoms with Crippen molar-refractivity contribution in [2.75, 3.05) is 12.4 Å². The first-order valence-corrected chi connectivity index (χ1v) is 6.24. The molecule has 0 aliphatic carbocycles. The van der Waals surface area contributed by atoms with Crippen LogP contribution in [0.3, 0.4) is 0 Å². The molecule has 0 amide bonds. The maximum atomic E-state index is 12.9. The number of ether oxygens (including phenoxy) is 1. The van der Waals surface area contributed by atoms with E-state index in [4.69, 9.17) is 10.00 Å². The molecule has 0 aromatic heterocycles. The average Bonchev–Trinajstić information content (AvgIpc) is 2.48. The van der Waals surface area contributed by atoms with Crippen LogP contribution in [0.5, 0.6) is 5.75 Å². The Morgan fingerprint density at radius 2 is 1.90 bits per heavy atom. The quantitative estimate of drug-likeness (QED) is 0.917. The summed E-state index contributed by atoms with van der Waals surface area (Å²) in [4.78, 5) is 0. The van der Waals surface area contributed by atoms with Crippen molar-refractivity contribution in [3.8, 4) is 11.8 Å². The molecule has 2 aromatic rings. The lowest BCUT2D eigenvalue weighted by Gasteiger charge is -2.18. The molecular weight excluding hydrogens is 255 g/mol. The monoisotopic (exact) mass is 270 g/mol. The van der Waals surface area contributed by atoms with Crippen molar-refractivity contribution in [1.82, 2.24) is 0 Å². The fraction of sp³-hybridized carbons (Fsp3) is 0.188. The summed E-state index contributed by atoms with van der Waals surface area (Å²) in [6, 6.07) is 13.6. The minimum absolute atomic E-state index is 0.00237. The molecule has 0 spiro atoms. The highest BCUT2D eigenvalue weighted by Crippen LogP contribution is 2.29. The number of hydrogen-bond donors (Lipinski definition) is 1. The van der Waals surface area contributed by atoms with Gasteiger partial charge in [-0.1, -0.05) is 12.1 Å². The predicted octanol–water partition coefficient (Wildman–Crippen LogP) is 3.88. The Bertz CT molecular complexity index is 632. The van der Waals surface area contributed by atoms with E-state index < -0.39 is 0 Å². The molecule has 1 unspecified atom stereocenters. The summed E-state index contributed by atoms with van der Waals surface area (Å²) in [7, 11) is 1.56. The van der Waals surface area contributed by atoms with Crippen LogP contribution < -0.4 is 10.1 Å². The van der Waals surface area contributed by atoms with Gasteiger partial charge in [-0.2, -0.15) is 5.26 Å². The van der Waals surface area contributed by atoms with Crippen LogP contribution in [0.2, 0.25) is 0 Å². The highest BCUT2D eigenvalue weighted by atomic mass is 19.1. The van der Waals surface area contributed by atoms with Crippen LogP contribution in [0.15, 0.2) is 42.5 Å². The van der Waals surface area contributed by atoms with Gasteiger partial charge < -0.3 is 10.1 Å². The Labute approximate surface area is 117 Å². The van der Waals surface area contributed by atoms with Crippen LogP contribution in [0, 0.1) is 17.1 Å². The molecule has 0 heterocycles. The minimum Gasteiger partial charge on any atom is -0.495 e. The summed E-state index contributed by atoms with van der Waals surface area (Å²) in [5.41, 5.74) is 2.31. The second-order valence-corrected chi connectivity index (χ2v) is 4.44. The van der Waals surface area contributed by atoms with E-state index in [1.165, 1.54) is 12.1 Å². The van der Waals surface area contributed by atoms with Crippen LogP contribution in [0.25, 0.3) is 0 Å². The molecule has 20 heavy (non-hydrogen) atoms. The fourth-order valence-electron chi connectivity index (χ4n) is 1.95. The third-order valence-corrected chi connectivity index (χ3v) is 3.07. The predicted molar refractivity (Wildman–Crippen MR) is 76.1 cm³/mol. The number of anilines is 1. The Hall–Kier alpha value is -2.54. The molecule has 0 radical (unpaired) electrons. The zero-order valence-corrected chi connectivity index (χ0v) is 11.4. The third-order valence-electron chi connectivity index (χ3n) is 3.07. The van der Waals surface area contributed by atoms with Gasteiger partial charge in [0.2, 0.25) is 0 Å². The lowest BCUT2D eigenvalue weighted by molar-refractivity contribution is 0.416. The molecule has 0 saturated heterocycles. The number of rotatable bonds is 4. The van der Waals surface area contributed by atoms with Crippen molar-refractivity contribution < 1.29 is 9.13 Å². The number of nitrogens with one attached hydrogen (secondary N) is 1. The van der Waals surface area contributed by atoms with E-state index >= 15 is 0 Å². The van der Waals surface area contributed by atoms with Crippen molar-refractivity contribution >= 4 is 5.69 Å². The SMILES string of the molecule is COc1cc(C#N)ccc1NC(C)c1ccc(F)cc1. The number of methoxy groups -OCH3 is 1. The highest BCUT2D eigenvalue weighted by Gasteiger charge is 2.09. The van der Waals surface area contributed by atoms with Gasteiger partial charge in [0.25, 0.3) is 0 Å². The topological polar surface area (TPSA) is 45.0 Å². The molecule has 0 fully saturated rings. The Morgan fingerprint density at radius 1 is 1.20 bits per heavy atom. The summed E-state index contributed by atoms with van der Waals surface area (Å²) >= 11 is 0. The second-order valence-electron chi connectivity index (χ2n) is 4.44. The van der Waals surface area contributed by atoms with E-state index in [0.717, 1.165) is 11.3 Å². The summed E-state index contributed by atoms with van der Waals surface area (Å²) < 4.78 is 18.2. The van der Waals surface area contributed by atoms with Gasteiger partial charge in [0.05, 0.1) is 24.4 Å². The van der Waals surface area contributed by atoms with Crippen molar-refractivity contribution in [2.45, 2.75) is 13.0 Å². The standard InChI is InChI=1S/C16H15FN2O/c1-11(13-4-6-14(17)7-5-13)19-15-8-3-12(10-18)9-16(15)20-2/h3-9,11,19H,1-2H3. The molecule has 4 heteroatoms. The number of hydrogen-bond acceptors (Lipinski definition) is 3. The van der Waals surface area contributed by atoms with E-state index in [9.17, 15) is 4.39 Å². The first-order valence-electron chi connectivity index (χ1n) is 6.24. The Morgan fingerprint density at radius 3 is 2.50 bits per heavy atom. The van der Waals surface area contributed by atoms with Crippen molar-refractivity contribution in [1.29, 1.82) is 5.26 Å². The molecule has 3 nitrogen and oxygen atoms in total. The number of nitriles is 1. The van der Waals surface area contributed by atoms with E-state index in [0.29, 0.717) is 11.3 Å². The lowest BCUT2D eigenvalue weighted by atomic mass is 10.1. The van der Waals surface area contributed by atoms with Gasteiger partial charge in [-0.15, -0.1) is 0 Å². The lowest BCUT2D eigenvalue weighted by Crippen LogP contribution is -2.07. The molecule has 0 aliphatic heterocycles. The van der Waals surface area contributed by atoms with Crippen molar-refractivity contribution in [2.24, 2.45) is 0 Å². The van der Waals surface area contributed by atoms with Crippen LogP contribution in [0.1, 0.15) is 24.1 Å². The van der Waals surface area contributed by atoms with E-state index in [-0.39, 0.29) is 11.9 Å². The molecule has 0 saturated carbocycles. The van der Waals surface area contributed by atoms with Crippen LogP contribution in [0.4, 0.5) is 10.1 Å². The minimum atomic E-state index is -0.253. The molecule has 0 aliphatic rings. The number of nitrogens with zero attached hydrogens (tertiary/aromatic N) is 1. The second kappa shape index (κ2) is 6.07. The summed E-state index contributed by atoms with van der Waals surface area (Å²) in [5, 5.41) is 12.2. The van der Waals surface area contributed by atoms with Gasteiger partial charge in [-0.05, 0) is 36.8 Å². The number of benzene rings is 2. The summed E-state index contributed by atoms with van der Waals surface area (Å²) in [5.74, 6) is 0.356. The van der Waals surface area contributed by atoms with Crippen LogP contribution in [-0.4, -0.2) is 7.11 Å². The molecule has 1 atom stereocenters. The van der Waals surface area contributed by atoms with Crippen LogP contribution >= 0.6 is 0 Å². The van der Waals surface area contributed by atoms with Gasteiger partial charge in [-0.25, -0.2) is 4.39 Å². The largest absolute Gasteiger partial charge is 0.495 e. The van der Waals surface area contributed by atoms with Gasteiger partial charge in [0.15, 0.2) is 0 Å². The molecule has 2 aromatic carbocycles. The van der Waals surface area contributed by atoms with Gasteiger partial charge in [0.1, 0.15) is 11.6 Å². The molecular formula is C16H15FN2O. The van der Waals surface area contributed by atoms with Gasteiger partial charge in [-0.3, -0.25) is 0 Å². The fourth-order valence-corrected chi connectivity index (χ4v) is 1.95. The van der Waals surface area contributed by atoms with Crippen molar-refractivity contribution in [3.05, 3.63) is 59.4 Å². The maximum Gasteiger partial charge on any atom is 0.143 e. The third kappa shape index (κ3) is 3.07. The average molecular weight is 270 g/mol. The molecule has 2 rings (SSSR count).